The summed E-state index contributed by atoms with van der Waals surface area (Å²) in [6, 6.07) is 8.59. The fourth-order valence-electron chi connectivity index (χ4n) is 2.58. The first kappa shape index (κ1) is 14.8. The van der Waals surface area contributed by atoms with Gasteiger partial charge < -0.3 is 9.30 Å². The molecule has 1 saturated carbocycles. The van der Waals surface area contributed by atoms with E-state index in [0.29, 0.717) is 11.2 Å². The van der Waals surface area contributed by atoms with E-state index in [0.717, 1.165) is 33.1 Å². The fourth-order valence-corrected chi connectivity index (χ4v) is 3.87. The van der Waals surface area contributed by atoms with Crippen LogP contribution in [0.3, 0.4) is 0 Å². The van der Waals surface area contributed by atoms with E-state index in [-0.39, 0.29) is 0 Å². The Morgan fingerprint density at radius 3 is 3.00 bits per heavy atom. The van der Waals surface area contributed by atoms with Gasteiger partial charge in [-0.3, -0.25) is 0 Å². The molecule has 0 radical (unpaired) electrons. The minimum Gasteiger partial charge on any atom is -0.497 e. The van der Waals surface area contributed by atoms with Crippen molar-refractivity contribution in [2.75, 3.05) is 7.11 Å². The number of methoxy groups -OCH3 is 1. The van der Waals surface area contributed by atoms with Gasteiger partial charge in [0, 0.05) is 41.2 Å². The van der Waals surface area contributed by atoms with E-state index in [9.17, 15) is 0 Å². The standard InChI is InChI=1S/C17H16ClN3OS/c1-22-14-5-2-11-8-12(16(18)20-15(11)9-14)10-23-17-19-6-7-21(17)13-3-4-13/h2,5-9,13H,3-4,10H2,1H3. The second-order valence-electron chi connectivity index (χ2n) is 5.63. The van der Waals surface area contributed by atoms with Gasteiger partial charge in [-0.2, -0.15) is 0 Å². The van der Waals surface area contributed by atoms with Crippen molar-refractivity contribution < 1.29 is 4.74 Å². The van der Waals surface area contributed by atoms with E-state index < -0.39 is 0 Å². The lowest BCUT2D eigenvalue weighted by Crippen LogP contribution is -1.95. The molecule has 4 nitrogen and oxygen atoms in total. The van der Waals surface area contributed by atoms with Crippen molar-refractivity contribution >= 4 is 34.3 Å². The zero-order valence-corrected chi connectivity index (χ0v) is 14.3. The summed E-state index contributed by atoms with van der Waals surface area (Å²) in [5, 5.41) is 2.66. The highest BCUT2D eigenvalue weighted by molar-refractivity contribution is 7.98. The van der Waals surface area contributed by atoms with Gasteiger partial charge in [0.25, 0.3) is 0 Å². The average molecular weight is 346 g/mol. The van der Waals surface area contributed by atoms with Crippen molar-refractivity contribution in [3.63, 3.8) is 0 Å². The smallest absolute Gasteiger partial charge is 0.168 e. The predicted octanol–water partition coefficient (Wildman–Crippen LogP) is 4.72. The summed E-state index contributed by atoms with van der Waals surface area (Å²) in [5.41, 5.74) is 1.88. The molecule has 2 heterocycles. The maximum Gasteiger partial charge on any atom is 0.168 e. The predicted molar refractivity (Wildman–Crippen MR) is 93.4 cm³/mol. The number of aromatic nitrogens is 3. The van der Waals surface area contributed by atoms with Crippen LogP contribution in [0.1, 0.15) is 24.4 Å². The molecule has 0 N–H and O–H groups in total. The van der Waals surface area contributed by atoms with Crippen LogP contribution in [0, 0.1) is 0 Å². The van der Waals surface area contributed by atoms with Gasteiger partial charge in [-0.05, 0) is 31.0 Å². The Hall–Kier alpha value is -1.72. The first-order valence-corrected chi connectivity index (χ1v) is 8.90. The molecule has 2 aromatic heterocycles. The monoisotopic (exact) mass is 345 g/mol. The van der Waals surface area contributed by atoms with E-state index in [1.807, 2.05) is 24.4 Å². The molecular weight excluding hydrogens is 330 g/mol. The number of pyridine rings is 1. The van der Waals surface area contributed by atoms with Gasteiger partial charge in [-0.25, -0.2) is 9.97 Å². The number of hydrogen-bond acceptors (Lipinski definition) is 4. The third-order valence-corrected chi connectivity index (χ3v) is 5.34. The molecule has 0 aliphatic heterocycles. The summed E-state index contributed by atoms with van der Waals surface area (Å²) in [7, 11) is 1.65. The van der Waals surface area contributed by atoms with Crippen LogP contribution in [0.25, 0.3) is 10.9 Å². The van der Waals surface area contributed by atoms with Crippen molar-refractivity contribution in [2.45, 2.75) is 29.8 Å². The Balaban J connectivity index is 1.58. The van der Waals surface area contributed by atoms with Gasteiger partial charge in [0.15, 0.2) is 5.16 Å². The van der Waals surface area contributed by atoms with Crippen molar-refractivity contribution in [3.8, 4) is 5.75 Å². The van der Waals surface area contributed by atoms with Gasteiger partial charge in [0.05, 0.1) is 12.6 Å². The van der Waals surface area contributed by atoms with Crippen molar-refractivity contribution in [1.82, 2.24) is 14.5 Å². The first-order valence-electron chi connectivity index (χ1n) is 7.53. The zero-order chi connectivity index (χ0) is 15.8. The average Bonchev–Trinajstić information content (AvgIpc) is 3.30. The van der Waals surface area contributed by atoms with E-state index in [2.05, 4.69) is 26.8 Å². The molecule has 0 atom stereocenters. The van der Waals surface area contributed by atoms with Crippen LogP contribution in [0.15, 0.2) is 41.8 Å². The molecule has 0 saturated heterocycles. The number of fused-ring (bicyclic) bond motifs is 1. The maximum absolute atomic E-state index is 6.36. The van der Waals surface area contributed by atoms with E-state index in [1.54, 1.807) is 18.9 Å². The quantitative estimate of drug-likeness (QED) is 0.495. The Bertz CT molecular complexity index is 860. The van der Waals surface area contributed by atoms with Gasteiger partial charge in [-0.1, -0.05) is 23.4 Å². The van der Waals surface area contributed by atoms with Crippen LogP contribution < -0.4 is 4.74 Å². The van der Waals surface area contributed by atoms with Gasteiger partial charge in [-0.15, -0.1) is 0 Å². The molecule has 3 aromatic rings. The fraction of sp³-hybridized carbons (Fsp3) is 0.294. The van der Waals surface area contributed by atoms with Crippen LogP contribution in [0.4, 0.5) is 0 Å². The number of imidazole rings is 1. The highest BCUT2D eigenvalue weighted by Crippen LogP contribution is 2.38. The molecule has 4 rings (SSSR count). The molecule has 1 aromatic carbocycles. The van der Waals surface area contributed by atoms with Crippen molar-refractivity contribution in [2.24, 2.45) is 0 Å². The van der Waals surface area contributed by atoms with Crippen LogP contribution in [-0.2, 0) is 5.75 Å². The molecule has 1 aliphatic rings. The zero-order valence-electron chi connectivity index (χ0n) is 12.7. The molecule has 23 heavy (non-hydrogen) atoms. The van der Waals surface area contributed by atoms with Crippen LogP contribution >= 0.6 is 23.4 Å². The summed E-state index contributed by atoms with van der Waals surface area (Å²) in [6.07, 6.45) is 6.44. The SMILES string of the molecule is COc1ccc2cc(CSc3nccn3C3CC3)c(Cl)nc2c1. The minimum atomic E-state index is 0.544. The number of nitrogens with zero attached hydrogens (tertiary/aromatic N) is 3. The minimum absolute atomic E-state index is 0.544. The third-order valence-electron chi connectivity index (χ3n) is 3.98. The van der Waals surface area contributed by atoms with Gasteiger partial charge in [0.1, 0.15) is 10.9 Å². The summed E-state index contributed by atoms with van der Waals surface area (Å²) in [5.74, 6) is 1.55. The molecule has 6 heteroatoms. The molecule has 0 unspecified atom stereocenters. The summed E-state index contributed by atoms with van der Waals surface area (Å²) in [6.45, 7) is 0. The van der Waals surface area contributed by atoms with Crippen molar-refractivity contribution in [3.05, 3.63) is 47.4 Å². The molecule has 1 fully saturated rings. The summed E-state index contributed by atoms with van der Waals surface area (Å²) >= 11 is 8.07. The number of halogens is 1. The number of ether oxygens (including phenoxy) is 1. The second kappa shape index (κ2) is 6.06. The highest BCUT2D eigenvalue weighted by Gasteiger charge is 2.25. The molecule has 118 valence electrons. The molecule has 0 bridgehead atoms. The van der Waals surface area contributed by atoms with Crippen LogP contribution in [0.2, 0.25) is 5.15 Å². The van der Waals surface area contributed by atoms with Crippen LogP contribution in [-0.4, -0.2) is 21.6 Å². The van der Waals surface area contributed by atoms with E-state index in [4.69, 9.17) is 16.3 Å². The number of benzene rings is 1. The number of thioether (sulfide) groups is 1. The Kier molecular flexibility index (Phi) is 3.91. The molecular formula is C17H16ClN3OS. The summed E-state index contributed by atoms with van der Waals surface area (Å²) in [4.78, 5) is 8.95. The molecule has 0 spiro atoms. The van der Waals surface area contributed by atoms with Gasteiger partial charge in [0.2, 0.25) is 0 Å². The van der Waals surface area contributed by atoms with E-state index >= 15 is 0 Å². The topological polar surface area (TPSA) is 39.9 Å². The van der Waals surface area contributed by atoms with Crippen LogP contribution in [0.5, 0.6) is 5.75 Å². The normalized spacial score (nSPS) is 14.3. The number of hydrogen-bond donors (Lipinski definition) is 0. The number of rotatable bonds is 5. The largest absolute Gasteiger partial charge is 0.497 e. The van der Waals surface area contributed by atoms with Gasteiger partial charge >= 0.3 is 0 Å². The summed E-state index contributed by atoms with van der Waals surface area (Å²) < 4.78 is 7.49. The first-order chi connectivity index (χ1) is 11.2. The molecule has 0 amide bonds. The van der Waals surface area contributed by atoms with E-state index in [1.165, 1.54) is 12.8 Å². The lowest BCUT2D eigenvalue weighted by Gasteiger charge is -2.08. The second-order valence-corrected chi connectivity index (χ2v) is 6.93. The lowest BCUT2D eigenvalue weighted by atomic mass is 10.1. The maximum atomic E-state index is 6.36. The Morgan fingerprint density at radius 2 is 2.22 bits per heavy atom. The lowest BCUT2D eigenvalue weighted by molar-refractivity contribution is 0.415. The third kappa shape index (κ3) is 3.03. The Morgan fingerprint density at radius 1 is 1.35 bits per heavy atom. The molecule has 1 aliphatic carbocycles. The Labute approximate surface area is 143 Å². The highest BCUT2D eigenvalue weighted by atomic mass is 35.5. The van der Waals surface area contributed by atoms with Crippen molar-refractivity contribution in [1.29, 1.82) is 0 Å².